The first-order chi connectivity index (χ1) is 35.0. The fraction of sp³-hybridized carbons (Fsp3) is 0.923. The van der Waals surface area contributed by atoms with Gasteiger partial charge in [-0.1, -0.05) is 315 Å². The van der Waals surface area contributed by atoms with Crippen molar-refractivity contribution in [3.8, 4) is 0 Å². The SMILES string of the molecule is CCCCC/C=C\CCCCCCCC(=O)OC(COC(=O)CCCCCCCCCCCCCC)COC(=O)CCCCCCCCCCCCCCCCCCCCCCCCCCCCCCC. The third-order valence-electron chi connectivity index (χ3n) is 14.8. The molecule has 6 heteroatoms. The van der Waals surface area contributed by atoms with Crippen LogP contribution < -0.4 is 0 Å². The van der Waals surface area contributed by atoms with E-state index in [1.54, 1.807) is 0 Å². The molecular formula is C65H124O6. The lowest BCUT2D eigenvalue weighted by Gasteiger charge is -2.18. The molecule has 6 nitrogen and oxygen atoms in total. The number of ether oxygens (including phenoxy) is 3. The summed E-state index contributed by atoms with van der Waals surface area (Å²) < 4.78 is 16.9. The first-order valence-electron chi connectivity index (χ1n) is 32.2. The second-order valence-electron chi connectivity index (χ2n) is 22.0. The summed E-state index contributed by atoms with van der Waals surface area (Å²) in [6, 6.07) is 0. The van der Waals surface area contributed by atoms with Gasteiger partial charge in [0.25, 0.3) is 0 Å². The van der Waals surface area contributed by atoms with Crippen LogP contribution in [0.25, 0.3) is 0 Å². The minimum absolute atomic E-state index is 0.0675. The number of allylic oxidation sites excluding steroid dienone is 2. The smallest absolute Gasteiger partial charge is 0.306 e. The van der Waals surface area contributed by atoms with Crippen molar-refractivity contribution in [1.82, 2.24) is 0 Å². The Kier molecular flexibility index (Phi) is 59.1. The molecule has 0 rings (SSSR count). The largest absolute Gasteiger partial charge is 0.462 e. The van der Waals surface area contributed by atoms with Gasteiger partial charge in [-0.3, -0.25) is 14.4 Å². The molecule has 1 unspecified atom stereocenters. The van der Waals surface area contributed by atoms with Crippen LogP contribution in [0.5, 0.6) is 0 Å². The molecule has 0 N–H and O–H groups in total. The highest BCUT2D eigenvalue weighted by atomic mass is 16.6. The van der Waals surface area contributed by atoms with Gasteiger partial charge in [-0.05, 0) is 44.9 Å². The first kappa shape index (κ1) is 69.2. The average molecular weight is 1000 g/mol. The third-order valence-corrected chi connectivity index (χ3v) is 14.8. The van der Waals surface area contributed by atoms with Crippen LogP contribution >= 0.6 is 0 Å². The maximum Gasteiger partial charge on any atom is 0.306 e. The van der Waals surface area contributed by atoms with Gasteiger partial charge in [-0.15, -0.1) is 0 Å². The van der Waals surface area contributed by atoms with E-state index in [9.17, 15) is 14.4 Å². The Balaban J connectivity index is 4.06. The highest BCUT2D eigenvalue weighted by Gasteiger charge is 2.19. The molecule has 0 fully saturated rings. The van der Waals surface area contributed by atoms with E-state index in [1.165, 1.54) is 263 Å². The van der Waals surface area contributed by atoms with Crippen molar-refractivity contribution in [2.24, 2.45) is 0 Å². The number of carbonyl (C=O) groups is 3. The van der Waals surface area contributed by atoms with E-state index < -0.39 is 6.10 Å². The molecule has 0 amide bonds. The van der Waals surface area contributed by atoms with Gasteiger partial charge in [0.2, 0.25) is 0 Å². The minimum Gasteiger partial charge on any atom is -0.462 e. The van der Waals surface area contributed by atoms with Gasteiger partial charge >= 0.3 is 17.9 Å². The van der Waals surface area contributed by atoms with E-state index in [0.29, 0.717) is 19.3 Å². The molecule has 0 aliphatic carbocycles. The van der Waals surface area contributed by atoms with Crippen LogP contribution in [-0.4, -0.2) is 37.2 Å². The van der Waals surface area contributed by atoms with Crippen LogP contribution in [0.2, 0.25) is 0 Å². The maximum atomic E-state index is 12.8. The Labute approximate surface area is 443 Å². The zero-order valence-corrected chi connectivity index (χ0v) is 48.3. The number of rotatable bonds is 60. The highest BCUT2D eigenvalue weighted by molar-refractivity contribution is 5.71. The predicted octanol–water partition coefficient (Wildman–Crippen LogP) is 21.7. The number of unbranched alkanes of at least 4 members (excludes halogenated alkanes) is 47. The molecule has 1 atom stereocenters. The van der Waals surface area contributed by atoms with Gasteiger partial charge in [0, 0.05) is 19.3 Å². The van der Waals surface area contributed by atoms with Crippen molar-refractivity contribution in [3.63, 3.8) is 0 Å². The average Bonchev–Trinajstić information content (AvgIpc) is 3.37. The summed E-state index contributed by atoms with van der Waals surface area (Å²) >= 11 is 0. The van der Waals surface area contributed by atoms with Gasteiger partial charge in [-0.2, -0.15) is 0 Å². The molecule has 0 spiro atoms. The summed E-state index contributed by atoms with van der Waals surface area (Å²) in [6.07, 6.45) is 71.0. The monoisotopic (exact) mass is 1000 g/mol. The molecule has 71 heavy (non-hydrogen) atoms. The summed E-state index contributed by atoms with van der Waals surface area (Å²) in [4.78, 5) is 38.1. The van der Waals surface area contributed by atoms with Crippen LogP contribution in [0.1, 0.15) is 367 Å². The van der Waals surface area contributed by atoms with Crippen molar-refractivity contribution in [1.29, 1.82) is 0 Å². The molecule has 0 saturated heterocycles. The van der Waals surface area contributed by atoms with E-state index in [0.717, 1.165) is 64.2 Å². The standard InChI is InChI=1S/C65H124O6/c1-4-7-10-13-16-19-22-25-26-27-28-29-30-31-32-33-34-35-36-37-38-39-40-41-44-46-49-52-55-58-64(67)70-61-62(71-65(68)59-56-53-50-47-43-24-21-18-15-12-9-6-3)60-69-63(66)57-54-51-48-45-42-23-20-17-14-11-8-5-2/h18,21,62H,4-17,19-20,22-61H2,1-3H3/b21-18-. The molecule has 0 aliphatic rings. The lowest BCUT2D eigenvalue weighted by atomic mass is 10.0. The van der Waals surface area contributed by atoms with E-state index in [4.69, 9.17) is 14.2 Å². The lowest BCUT2D eigenvalue weighted by molar-refractivity contribution is -0.167. The second-order valence-corrected chi connectivity index (χ2v) is 22.0. The zero-order chi connectivity index (χ0) is 51.4. The molecule has 0 saturated carbocycles. The third kappa shape index (κ3) is 58.9. The molecule has 0 aromatic carbocycles. The Morgan fingerprint density at radius 2 is 0.465 bits per heavy atom. The van der Waals surface area contributed by atoms with Crippen molar-refractivity contribution in [3.05, 3.63) is 12.2 Å². The van der Waals surface area contributed by atoms with E-state index >= 15 is 0 Å². The van der Waals surface area contributed by atoms with E-state index in [2.05, 4.69) is 32.9 Å². The Bertz CT molecular complexity index is 1100. The zero-order valence-electron chi connectivity index (χ0n) is 48.3. The highest BCUT2D eigenvalue weighted by Crippen LogP contribution is 2.18. The summed E-state index contributed by atoms with van der Waals surface area (Å²) in [7, 11) is 0. The molecule has 420 valence electrons. The van der Waals surface area contributed by atoms with Crippen LogP contribution in [0, 0.1) is 0 Å². The topological polar surface area (TPSA) is 78.9 Å². The van der Waals surface area contributed by atoms with Crippen LogP contribution in [0.15, 0.2) is 12.2 Å². The quantitative estimate of drug-likeness (QED) is 0.0261. The maximum absolute atomic E-state index is 12.8. The molecule has 0 aromatic heterocycles. The molecule has 0 heterocycles. The predicted molar refractivity (Wildman–Crippen MR) is 307 cm³/mol. The first-order valence-corrected chi connectivity index (χ1v) is 32.2. The Morgan fingerprint density at radius 3 is 0.732 bits per heavy atom. The fourth-order valence-electron chi connectivity index (χ4n) is 9.91. The summed E-state index contributed by atoms with van der Waals surface area (Å²) in [5, 5.41) is 0. The number of hydrogen-bond acceptors (Lipinski definition) is 6. The number of hydrogen-bond donors (Lipinski definition) is 0. The fourth-order valence-corrected chi connectivity index (χ4v) is 9.91. The van der Waals surface area contributed by atoms with Crippen molar-refractivity contribution >= 4 is 17.9 Å². The van der Waals surface area contributed by atoms with Crippen molar-refractivity contribution in [2.75, 3.05) is 13.2 Å². The minimum atomic E-state index is -0.768. The van der Waals surface area contributed by atoms with E-state index in [1.807, 2.05) is 0 Å². The molecule has 0 radical (unpaired) electrons. The lowest BCUT2D eigenvalue weighted by Crippen LogP contribution is -2.30. The van der Waals surface area contributed by atoms with Crippen molar-refractivity contribution in [2.45, 2.75) is 374 Å². The van der Waals surface area contributed by atoms with Gasteiger partial charge in [-0.25, -0.2) is 0 Å². The second kappa shape index (κ2) is 60.7. The van der Waals surface area contributed by atoms with Gasteiger partial charge in [0.15, 0.2) is 6.10 Å². The Hall–Kier alpha value is -1.85. The van der Waals surface area contributed by atoms with E-state index in [-0.39, 0.29) is 31.1 Å². The van der Waals surface area contributed by atoms with Crippen LogP contribution in [0.4, 0.5) is 0 Å². The van der Waals surface area contributed by atoms with Gasteiger partial charge in [0.05, 0.1) is 0 Å². The summed E-state index contributed by atoms with van der Waals surface area (Å²) in [5.41, 5.74) is 0. The van der Waals surface area contributed by atoms with Crippen LogP contribution in [-0.2, 0) is 28.6 Å². The molecule has 0 aromatic rings. The summed E-state index contributed by atoms with van der Waals surface area (Å²) in [6.45, 7) is 6.67. The molecule has 0 aliphatic heterocycles. The normalized spacial score (nSPS) is 12.0. The summed E-state index contributed by atoms with van der Waals surface area (Å²) in [5.74, 6) is -0.852. The number of esters is 3. The van der Waals surface area contributed by atoms with Gasteiger partial charge < -0.3 is 14.2 Å². The van der Waals surface area contributed by atoms with Crippen LogP contribution in [0.3, 0.4) is 0 Å². The molecule has 0 bridgehead atoms. The van der Waals surface area contributed by atoms with Crippen molar-refractivity contribution < 1.29 is 28.6 Å². The number of carbonyl (C=O) groups excluding carboxylic acids is 3. The molecular weight excluding hydrogens is 877 g/mol. The van der Waals surface area contributed by atoms with Gasteiger partial charge in [0.1, 0.15) is 13.2 Å². The Morgan fingerprint density at radius 1 is 0.268 bits per heavy atom.